The lowest BCUT2D eigenvalue weighted by Gasteiger charge is -2.25. The lowest BCUT2D eigenvalue weighted by atomic mass is 10.1. The molecule has 2 aromatic carbocycles. The molecule has 0 aliphatic heterocycles. The third-order valence-electron chi connectivity index (χ3n) is 3.97. The van der Waals surface area contributed by atoms with Crippen LogP contribution < -0.4 is 4.31 Å². The number of hydrogen-bond donors (Lipinski definition) is 0. The van der Waals surface area contributed by atoms with Crippen molar-refractivity contribution in [2.24, 2.45) is 0 Å². The van der Waals surface area contributed by atoms with Crippen molar-refractivity contribution in [2.75, 3.05) is 24.2 Å². The van der Waals surface area contributed by atoms with E-state index < -0.39 is 10.0 Å². The van der Waals surface area contributed by atoms with E-state index in [1.165, 1.54) is 4.90 Å². The first-order valence-corrected chi connectivity index (χ1v) is 9.85. The largest absolute Gasteiger partial charge is 0.340 e. The van der Waals surface area contributed by atoms with Gasteiger partial charge in [-0.2, -0.15) is 0 Å². The molecule has 0 spiro atoms. The van der Waals surface area contributed by atoms with Crippen LogP contribution in [0.4, 0.5) is 5.69 Å². The second-order valence-electron chi connectivity index (χ2n) is 6.34. The van der Waals surface area contributed by atoms with Gasteiger partial charge in [-0.25, -0.2) is 8.42 Å². The molecule has 1 amide bonds. The van der Waals surface area contributed by atoms with Crippen LogP contribution in [0.2, 0.25) is 0 Å². The Bertz CT molecular complexity index is 828. The highest BCUT2D eigenvalue weighted by atomic mass is 32.2. The van der Waals surface area contributed by atoms with Gasteiger partial charge in [-0.05, 0) is 31.5 Å². The predicted molar refractivity (Wildman–Crippen MR) is 101 cm³/mol. The van der Waals surface area contributed by atoms with Crippen molar-refractivity contribution >= 4 is 21.6 Å². The summed E-state index contributed by atoms with van der Waals surface area (Å²) in [5, 5.41) is 0. The quantitative estimate of drug-likeness (QED) is 0.796. The molecule has 6 heteroatoms. The minimum absolute atomic E-state index is 0.218. The van der Waals surface area contributed by atoms with Gasteiger partial charge < -0.3 is 4.90 Å². The molecule has 2 aromatic rings. The number of sulfonamides is 1. The fraction of sp³-hybridized carbons (Fsp3) is 0.316. The maximum atomic E-state index is 12.5. The van der Waals surface area contributed by atoms with Gasteiger partial charge in [0.2, 0.25) is 15.9 Å². The number of carbonyl (C=O) groups excluding carboxylic acids is 1. The zero-order chi connectivity index (χ0) is 18.6. The molecular formula is C19H24N2O3S. The molecule has 0 saturated carbocycles. The van der Waals surface area contributed by atoms with Gasteiger partial charge in [0, 0.05) is 13.6 Å². The normalized spacial score (nSPS) is 11.2. The van der Waals surface area contributed by atoms with Gasteiger partial charge in [0.1, 0.15) is 6.54 Å². The number of hydrogen-bond acceptors (Lipinski definition) is 3. The fourth-order valence-corrected chi connectivity index (χ4v) is 3.26. The summed E-state index contributed by atoms with van der Waals surface area (Å²) in [6.45, 7) is 4.15. The Morgan fingerprint density at radius 1 is 0.920 bits per heavy atom. The molecule has 0 unspecified atom stereocenters. The number of aryl methyl sites for hydroxylation is 2. The van der Waals surface area contributed by atoms with Gasteiger partial charge in [-0.15, -0.1) is 0 Å². The van der Waals surface area contributed by atoms with Crippen LogP contribution in [-0.2, 0) is 21.4 Å². The first-order valence-electron chi connectivity index (χ1n) is 8.01. The van der Waals surface area contributed by atoms with Crippen molar-refractivity contribution < 1.29 is 13.2 Å². The zero-order valence-corrected chi connectivity index (χ0v) is 15.9. The van der Waals surface area contributed by atoms with Gasteiger partial charge in [-0.3, -0.25) is 9.10 Å². The Morgan fingerprint density at radius 3 is 1.88 bits per heavy atom. The van der Waals surface area contributed by atoms with Crippen molar-refractivity contribution in [3.63, 3.8) is 0 Å². The summed E-state index contributed by atoms with van der Waals surface area (Å²) in [4.78, 5) is 14.1. The van der Waals surface area contributed by atoms with Crippen LogP contribution in [0.5, 0.6) is 0 Å². The minimum atomic E-state index is -3.55. The standard InChI is InChI=1S/C19H24N2O3S/c1-15-5-9-17(10-6-15)13-20(3)19(22)14-21(25(4,23)24)18-11-7-16(2)8-12-18/h5-12H,13-14H2,1-4H3. The number of likely N-dealkylation sites (N-methyl/N-ethyl adjacent to an activating group) is 1. The maximum absolute atomic E-state index is 12.5. The van der Waals surface area contributed by atoms with E-state index in [-0.39, 0.29) is 12.5 Å². The molecule has 25 heavy (non-hydrogen) atoms. The predicted octanol–water partition coefficient (Wildman–Crippen LogP) is 2.73. The molecule has 5 nitrogen and oxygen atoms in total. The van der Waals surface area contributed by atoms with E-state index in [2.05, 4.69) is 0 Å². The van der Waals surface area contributed by atoms with Gasteiger partial charge in [0.05, 0.1) is 11.9 Å². The zero-order valence-electron chi connectivity index (χ0n) is 15.1. The molecule has 0 radical (unpaired) electrons. The second kappa shape index (κ2) is 7.70. The summed E-state index contributed by atoms with van der Waals surface area (Å²) < 4.78 is 25.4. The average Bonchev–Trinajstić information content (AvgIpc) is 2.54. The minimum Gasteiger partial charge on any atom is -0.340 e. The van der Waals surface area contributed by atoms with Gasteiger partial charge in [0.25, 0.3) is 0 Å². The average molecular weight is 360 g/mol. The van der Waals surface area contributed by atoms with Crippen molar-refractivity contribution in [1.82, 2.24) is 4.90 Å². The number of amides is 1. The molecule has 134 valence electrons. The Hall–Kier alpha value is -2.34. The van der Waals surface area contributed by atoms with Gasteiger partial charge in [0.15, 0.2) is 0 Å². The Labute approximate surface area is 149 Å². The molecule has 0 atom stereocenters. The van der Waals surface area contributed by atoms with Crippen LogP contribution in [0, 0.1) is 13.8 Å². The highest BCUT2D eigenvalue weighted by molar-refractivity contribution is 7.92. The van der Waals surface area contributed by atoms with E-state index in [4.69, 9.17) is 0 Å². The number of nitrogens with zero attached hydrogens (tertiary/aromatic N) is 2. The topological polar surface area (TPSA) is 57.7 Å². The molecule has 0 N–H and O–H groups in total. The van der Waals surface area contributed by atoms with E-state index in [0.717, 1.165) is 27.3 Å². The van der Waals surface area contributed by atoms with Crippen molar-refractivity contribution in [3.05, 3.63) is 65.2 Å². The van der Waals surface area contributed by atoms with Crippen molar-refractivity contribution in [1.29, 1.82) is 0 Å². The van der Waals surface area contributed by atoms with Gasteiger partial charge in [-0.1, -0.05) is 47.5 Å². The first-order chi connectivity index (χ1) is 11.7. The summed E-state index contributed by atoms with van der Waals surface area (Å²) in [6.07, 6.45) is 1.11. The molecule has 2 rings (SSSR count). The summed E-state index contributed by atoms with van der Waals surface area (Å²) in [5.74, 6) is -0.258. The first kappa shape index (κ1) is 19.0. The molecule has 0 aliphatic carbocycles. The van der Waals surface area contributed by atoms with E-state index >= 15 is 0 Å². The number of benzene rings is 2. The number of anilines is 1. The highest BCUT2D eigenvalue weighted by Gasteiger charge is 2.22. The molecule has 0 fully saturated rings. The maximum Gasteiger partial charge on any atom is 0.243 e. The molecule has 0 aromatic heterocycles. The smallest absolute Gasteiger partial charge is 0.243 e. The Balaban J connectivity index is 2.13. The lowest BCUT2D eigenvalue weighted by molar-refractivity contribution is -0.128. The molecule has 0 saturated heterocycles. The van der Waals surface area contributed by atoms with Crippen LogP contribution in [0.3, 0.4) is 0 Å². The van der Waals surface area contributed by atoms with Crippen LogP contribution in [-0.4, -0.2) is 39.1 Å². The van der Waals surface area contributed by atoms with E-state index in [9.17, 15) is 13.2 Å². The number of rotatable bonds is 6. The Kier molecular flexibility index (Phi) is 5.85. The number of carbonyl (C=O) groups is 1. The highest BCUT2D eigenvalue weighted by Crippen LogP contribution is 2.18. The second-order valence-corrected chi connectivity index (χ2v) is 8.25. The molecule has 0 heterocycles. The van der Waals surface area contributed by atoms with Crippen LogP contribution in [0.25, 0.3) is 0 Å². The van der Waals surface area contributed by atoms with Crippen LogP contribution in [0.1, 0.15) is 16.7 Å². The van der Waals surface area contributed by atoms with Crippen LogP contribution in [0.15, 0.2) is 48.5 Å². The lowest BCUT2D eigenvalue weighted by Crippen LogP contribution is -2.41. The fourth-order valence-electron chi connectivity index (χ4n) is 2.41. The molecule has 0 bridgehead atoms. The van der Waals surface area contributed by atoms with E-state index in [1.807, 2.05) is 50.2 Å². The van der Waals surface area contributed by atoms with Crippen molar-refractivity contribution in [3.8, 4) is 0 Å². The SMILES string of the molecule is Cc1ccc(CN(C)C(=O)CN(c2ccc(C)cc2)S(C)(=O)=O)cc1. The third-order valence-corrected chi connectivity index (χ3v) is 5.11. The third kappa shape index (κ3) is 5.32. The summed E-state index contributed by atoms with van der Waals surface area (Å²) in [7, 11) is -1.87. The molecule has 0 aliphatic rings. The van der Waals surface area contributed by atoms with E-state index in [1.54, 1.807) is 19.2 Å². The monoisotopic (exact) mass is 360 g/mol. The molecular weight excluding hydrogens is 336 g/mol. The summed E-state index contributed by atoms with van der Waals surface area (Å²) in [5.41, 5.74) is 3.67. The summed E-state index contributed by atoms with van der Waals surface area (Å²) in [6, 6.07) is 15.0. The van der Waals surface area contributed by atoms with E-state index in [0.29, 0.717) is 12.2 Å². The Morgan fingerprint density at radius 2 is 1.40 bits per heavy atom. The van der Waals surface area contributed by atoms with Crippen LogP contribution >= 0.6 is 0 Å². The summed E-state index contributed by atoms with van der Waals surface area (Å²) >= 11 is 0. The van der Waals surface area contributed by atoms with Crippen molar-refractivity contribution in [2.45, 2.75) is 20.4 Å². The van der Waals surface area contributed by atoms with Gasteiger partial charge >= 0.3 is 0 Å².